The van der Waals surface area contributed by atoms with Crippen LogP contribution in [-0.4, -0.2) is 26.0 Å². The summed E-state index contributed by atoms with van der Waals surface area (Å²) in [7, 11) is -3.59. The van der Waals surface area contributed by atoms with E-state index >= 15 is 0 Å². The van der Waals surface area contributed by atoms with Gasteiger partial charge in [-0.05, 0) is 60.3 Å². The van der Waals surface area contributed by atoms with Gasteiger partial charge in [-0.25, -0.2) is 13.1 Å². The van der Waals surface area contributed by atoms with Crippen molar-refractivity contribution in [2.45, 2.75) is 4.90 Å². The predicted molar refractivity (Wildman–Crippen MR) is 117 cm³/mol. The third-order valence-electron chi connectivity index (χ3n) is 3.37. The topological polar surface area (TPSA) is 87.3 Å². The average Bonchev–Trinajstić information content (AvgIpc) is 2.66. The Morgan fingerprint density at radius 1 is 1.11 bits per heavy atom. The summed E-state index contributed by atoms with van der Waals surface area (Å²) in [5.74, 6) is -0.403. The van der Waals surface area contributed by atoms with Gasteiger partial charge in [-0.15, -0.1) is 6.58 Å². The number of amides is 1. The molecule has 0 aromatic heterocycles. The van der Waals surface area contributed by atoms with Gasteiger partial charge in [0, 0.05) is 23.3 Å². The van der Waals surface area contributed by atoms with Crippen LogP contribution < -0.4 is 15.4 Å². The first kappa shape index (κ1) is 21.8. The largest absolute Gasteiger partial charge is 0.332 e. The van der Waals surface area contributed by atoms with Gasteiger partial charge in [-0.1, -0.05) is 29.8 Å². The van der Waals surface area contributed by atoms with Crippen LogP contribution >= 0.6 is 23.8 Å². The van der Waals surface area contributed by atoms with E-state index in [1.807, 2.05) is 0 Å². The Labute approximate surface area is 174 Å². The molecular weight excluding hydrogens is 418 g/mol. The second-order valence-electron chi connectivity index (χ2n) is 5.49. The van der Waals surface area contributed by atoms with E-state index in [4.69, 9.17) is 23.8 Å². The standard InChI is InChI=1S/C19H18ClN3O3S2/c1-2-13-21-28(25,26)17-10-8-16(9-11-17)22-19(27)23-18(24)12-5-14-3-6-15(20)7-4-14/h2-12,21H,1,13H2,(H2,22,23,24,27)/b12-5+. The van der Waals surface area contributed by atoms with E-state index in [0.717, 1.165) is 5.56 Å². The third-order valence-corrected chi connectivity index (χ3v) is 5.27. The van der Waals surface area contributed by atoms with Gasteiger partial charge in [-0.2, -0.15) is 0 Å². The molecule has 0 fully saturated rings. The van der Waals surface area contributed by atoms with E-state index in [1.165, 1.54) is 24.3 Å². The van der Waals surface area contributed by atoms with Gasteiger partial charge in [0.25, 0.3) is 0 Å². The number of carbonyl (C=O) groups excluding carboxylic acids is 1. The molecule has 0 aliphatic carbocycles. The fraction of sp³-hybridized carbons (Fsp3) is 0.0526. The number of thiocarbonyl (C=S) groups is 1. The van der Waals surface area contributed by atoms with Gasteiger partial charge in [-0.3, -0.25) is 10.1 Å². The van der Waals surface area contributed by atoms with Crippen molar-refractivity contribution in [1.82, 2.24) is 10.0 Å². The summed E-state index contributed by atoms with van der Waals surface area (Å²) in [6, 6.07) is 13.0. The maximum absolute atomic E-state index is 12.0. The van der Waals surface area contributed by atoms with Crippen molar-refractivity contribution in [3.63, 3.8) is 0 Å². The summed E-state index contributed by atoms with van der Waals surface area (Å²) in [4.78, 5) is 12.0. The highest BCUT2D eigenvalue weighted by Crippen LogP contribution is 2.14. The number of sulfonamides is 1. The van der Waals surface area contributed by atoms with Gasteiger partial charge in [0.1, 0.15) is 0 Å². The Morgan fingerprint density at radius 3 is 2.36 bits per heavy atom. The Bertz CT molecular complexity index is 986. The fourth-order valence-electron chi connectivity index (χ4n) is 2.03. The molecular formula is C19H18ClN3O3S2. The lowest BCUT2D eigenvalue weighted by Crippen LogP contribution is -2.32. The van der Waals surface area contributed by atoms with Crippen molar-refractivity contribution >= 4 is 56.6 Å². The number of benzene rings is 2. The van der Waals surface area contributed by atoms with Crippen LogP contribution in [0.25, 0.3) is 6.08 Å². The first-order valence-electron chi connectivity index (χ1n) is 8.06. The lowest BCUT2D eigenvalue weighted by molar-refractivity contribution is -0.115. The first-order valence-corrected chi connectivity index (χ1v) is 10.3. The van der Waals surface area contributed by atoms with E-state index in [-0.39, 0.29) is 16.6 Å². The van der Waals surface area contributed by atoms with E-state index in [0.29, 0.717) is 10.7 Å². The smallest absolute Gasteiger partial charge is 0.250 e. The molecule has 2 rings (SSSR count). The van der Waals surface area contributed by atoms with Crippen molar-refractivity contribution < 1.29 is 13.2 Å². The van der Waals surface area contributed by atoms with Crippen LogP contribution in [0, 0.1) is 0 Å². The van der Waals surface area contributed by atoms with Crippen molar-refractivity contribution in [2.24, 2.45) is 0 Å². The number of rotatable bonds is 7. The summed E-state index contributed by atoms with van der Waals surface area (Å²) >= 11 is 10.9. The molecule has 3 N–H and O–H groups in total. The molecule has 0 unspecified atom stereocenters. The van der Waals surface area contributed by atoms with Crippen LogP contribution in [0.15, 0.2) is 72.2 Å². The van der Waals surface area contributed by atoms with Crippen molar-refractivity contribution in [3.05, 3.63) is 77.8 Å². The van der Waals surface area contributed by atoms with Crippen LogP contribution in [0.1, 0.15) is 5.56 Å². The minimum atomic E-state index is -3.59. The molecule has 0 aliphatic rings. The molecule has 0 bridgehead atoms. The van der Waals surface area contributed by atoms with Gasteiger partial charge in [0.15, 0.2) is 5.11 Å². The molecule has 2 aromatic rings. The number of hydrogen-bond acceptors (Lipinski definition) is 4. The normalized spacial score (nSPS) is 11.2. The Hall–Kier alpha value is -2.52. The summed E-state index contributed by atoms with van der Waals surface area (Å²) in [5.41, 5.74) is 1.36. The highest BCUT2D eigenvalue weighted by atomic mass is 35.5. The molecule has 0 spiro atoms. The minimum absolute atomic E-state index is 0.0890. The lowest BCUT2D eigenvalue weighted by atomic mass is 10.2. The maximum Gasteiger partial charge on any atom is 0.250 e. The third kappa shape index (κ3) is 6.90. The number of carbonyl (C=O) groups is 1. The summed E-state index contributed by atoms with van der Waals surface area (Å²) in [5, 5.41) is 6.03. The SMILES string of the molecule is C=CCNS(=O)(=O)c1ccc(NC(=S)NC(=O)/C=C/c2ccc(Cl)cc2)cc1. The summed E-state index contributed by atoms with van der Waals surface area (Å²) in [6.45, 7) is 3.61. The summed E-state index contributed by atoms with van der Waals surface area (Å²) in [6.07, 6.45) is 4.43. The molecule has 0 saturated heterocycles. The van der Waals surface area contributed by atoms with E-state index in [9.17, 15) is 13.2 Å². The average molecular weight is 436 g/mol. The van der Waals surface area contributed by atoms with Gasteiger partial charge >= 0.3 is 0 Å². The minimum Gasteiger partial charge on any atom is -0.332 e. The van der Waals surface area contributed by atoms with E-state index in [1.54, 1.807) is 42.5 Å². The summed E-state index contributed by atoms with van der Waals surface area (Å²) < 4.78 is 26.4. The van der Waals surface area contributed by atoms with Crippen LogP contribution in [0.2, 0.25) is 5.02 Å². The molecule has 1 amide bonds. The highest BCUT2D eigenvalue weighted by Gasteiger charge is 2.12. The quantitative estimate of drug-likeness (QED) is 0.353. The highest BCUT2D eigenvalue weighted by molar-refractivity contribution is 7.89. The Kier molecular flexibility index (Phi) is 7.89. The van der Waals surface area contributed by atoms with Gasteiger partial charge in [0.05, 0.1) is 4.90 Å². The maximum atomic E-state index is 12.0. The molecule has 0 heterocycles. The monoisotopic (exact) mass is 435 g/mol. The second kappa shape index (κ2) is 10.1. The van der Waals surface area contributed by atoms with Gasteiger partial charge in [0.2, 0.25) is 15.9 Å². The number of anilines is 1. The fourth-order valence-corrected chi connectivity index (χ4v) is 3.37. The van der Waals surface area contributed by atoms with E-state index < -0.39 is 15.9 Å². The number of halogens is 1. The molecule has 6 nitrogen and oxygen atoms in total. The van der Waals surface area contributed by atoms with Gasteiger partial charge < -0.3 is 5.32 Å². The molecule has 9 heteroatoms. The molecule has 2 aromatic carbocycles. The molecule has 0 saturated carbocycles. The Morgan fingerprint density at radius 2 is 1.75 bits per heavy atom. The predicted octanol–water partition coefficient (Wildman–Crippen LogP) is 3.33. The second-order valence-corrected chi connectivity index (χ2v) is 8.10. The molecule has 0 aliphatic heterocycles. The molecule has 28 heavy (non-hydrogen) atoms. The number of nitrogens with one attached hydrogen (secondary N) is 3. The zero-order valence-electron chi connectivity index (χ0n) is 14.7. The number of hydrogen-bond donors (Lipinski definition) is 3. The van der Waals surface area contributed by atoms with Crippen LogP contribution in [0.4, 0.5) is 5.69 Å². The van der Waals surface area contributed by atoms with Crippen LogP contribution in [0.3, 0.4) is 0 Å². The van der Waals surface area contributed by atoms with Crippen molar-refractivity contribution in [3.8, 4) is 0 Å². The molecule has 146 valence electrons. The Balaban J connectivity index is 1.91. The zero-order valence-corrected chi connectivity index (χ0v) is 17.1. The zero-order chi connectivity index (χ0) is 20.6. The lowest BCUT2D eigenvalue weighted by Gasteiger charge is -2.09. The molecule has 0 atom stereocenters. The van der Waals surface area contributed by atoms with E-state index in [2.05, 4.69) is 21.9 Å². The van der Waals surface area contributed by atoms with Crippen LogP contribution in [-0.2, 0) is 14.8 Å². The van der Waals surface area contributed by atoms with Crippen molar-refractivity contribution in [2.75, 3.05) is 11.9 Å². The first-order chi connectivity index (χ1) is 13.3. The van der Waals surface area contributed by atoms with Crippen LogP contribution in [0.5, 0.6) is 0 Å². The molecule has 0 radical (unpaired) electrons. The van der Waals surface area contributed by atoms with Crippen molar-refractivity contribution in [1.29, 1.82) is 0 Å².